The number of nitrogens with one attached hydrogen (secondary N) is 1. The van der Waals surface area contributed by atoms with Gasteiger partial charge in [0.1, 0.15) is 11.5 Å². The van der Waals surface area contributed by atoms with Gasteiger partial charge in [0, 0.05) is 0 Å². The topological polar surface area (TPSA) is 55.4 Å². The Balaban J connectivity index is 2.96. The molecule has 0 heterocycles. The van der Waals surface area contributed by atoms with Crippen LogP contribution in [0.25, 0.3) is 6.08 Å². The first-order valence-electron chi connectivity index (χ1n) is 5.02. The molecule has 0 radical (unpaired) electrons. The van der Waals surface area contributed by atoms with E-state index in [1.54, 1.807) is 13.0 Å². The lowest BCUT2D eigenvalue weighted by Crippen LogP contribution is -2.20. The Morgan fingerprint density at radius 3 is 2.88 bits per heavy atom. The fraction of sp³-hybridized carbons (Fsp3) is 0.167. The predicted octanol–water partition coefficient (Wildman–Crippen LogP) is 1.48. The van der Waals surface area contributed by atoms with Gasteiger partial charge in [-0.25, -0.2) is 9.18 Å². The monoisotopic (exact) mass is 237 g/mol. The van der Waals surface area contributed by atoms with Crippen LogP contribution in [0.4, 0.5) is 4.39 Å². The zero-order valence-electron chi connectivity index (χ0n) is 9.27. The standard InChI is InChI=1S/C12H12FNO3/c1-2-17-12(16)11(14-8-15)7-9-4-3-5-10(13)6-9/h3-8H,2H2,1H3,(H,14,15)/b11-7-. The Morgan fingerprint density at radius 1 is 1.53 bits per heavy atom. The fourth-order valence-electron chi connectivity index (χ4n) is 1.19. The molecule has 0 aromatic heterocycles. The summed E-state index contributed by atoms with van der Waals surface area (Å²) in [5.74, 6) is -1.09. The normalized spacial score (nSPS) is 10.8. The van der Waals surface area contributed by atoms with Crippen LogP contribution in [-0.2, 0) is 14.3 Å². The lowest BCUT2D eigenvalue weighted by molar-refractivity contribution is -0.139. The molecule has 1 aromatic rings. The molecule has 0 fully saturated rings. The van der Waals surface area contributed by atoms with Crippen LogP contribution in [0.2, 0.25) is 0 Å². The Bertz CT molecular complexity index is 443. The molecule has 0 saturated heterocycles. The van der Waals surface area contributed by atoms with E-state index in [4.69, 9.17) is 4.74 Å². The van der Waals surface area contributed by atoms with E-state index in [1.165, 1.54) is 24.3 Å². The summed E-state index contributed by atoms with van der Waals surface area (Å²) in [4.78, 5) is 21.8. The number of carbonyl (C=O) groups excluding carboxylic acids is 2. The van der Waals surface area contributed by atoms with Crippen molar-refractivity contribution < 1.29 is 18.7 Å². The average Bonchev–Trinajstić information content (AvgIpc) is 2.29. The van der Waals surface area contributed by atoms with Crippen LogP contribution in [0.3, 0.4) is 0 Å². The Morgan fingerprint density at radius 2 is 2.29 bits per heavy atom. The molecule has 1 aromatic carbocycles. The van der Waals surface area contributed by atoms with Crippen LogP contribution in [0.15, 0.2) is 30.0 Å². The second kappa shape index (κ2) is 6.42. The summed E-state index contributed by atoms with van der Waals surface area (Å²) in [6.45, 7) is 1.85. The first kappa shape index (κ1) is 12.9. The van der Waals surface area contributed by atoms with E-state index in [-0.39, 0.29) is 12.3 Å². The second-order valence-corrected chi connectivity index (χ2v) is 3.10. The number of rotatable bonds is 5. The summed E-state index contributed by atoms with van der Waals surface area (Å²) in [6, 6.07) is 5.64. The summed E-state index contributed by atoms with van der Waals surface area (Å²) in [5, 5.41) is 2.22. The van der Waals surface area contributed by atoms with Crippen molar-refractivity contribution in [3.05, 3.63) is 41.3 Å². The number of ether oxygens (including phenoxy) is 1. The zero-order valence-corrected chi connectivity index (χ0v) is 9.27. The molecule has 0 spiro atoms. The maximum Gasteiger partial charge on any atom is 0.354 e. The van der Waals surface area contributed by atoms with Gasteiger partial charge in [-0.2, -0.15) is 0 Å². The van der Waals surface area contributed by atoms with Crippen molar-refractivity contribution in [1.82, 2.24) is 5.32 Å². The molecule has 17 heavy (non-hydrogen) atoms. The van der Waals surface area contributed by atoms with Crippen LogP contribution >= 0.6 is 0 Å². The lowest BCUT2D eigenvalue weighted by Gasteiger charge is -2.05. The minimum Gasteiger partial charge on any atom is -0.461 e. The van der Waals surface area contributed by atoms with Gasteiger partial charge in [-0.3, -0.25) is 4.79 Å². The highest BCUT2D eigenvalue weighted by Crippen LogP contribution is 2.08. The summed E-state index contributed by atoms with van der Waals surface area (Å²) in [7, 11) is 0. The number of halogens is 1. The van der Waals surface area contributed by atoms with Crippen LogP contribution in [0, 0.1) is 5.82 Å². The molecule has 5 heteroatoms. The van der Waals surface area contributed by atoms with Crippen molar-refractivity contribution in [2.24, 2.45) is 0 Å². The van der Waals surface area contributed by atoms with Crippen molar-refractivity contribution in [2.45, 2.75) is 6.92 Å². The quantitative estimate of drug-likeness (QED) is 0.479. The fourth-order valence-corrected chi connectivity index (χ4v) is 1.19. The number of carbonyl (C=O) groups is 2. The molecule has 90 valence electrons. The Hall–Kier alpha value is -2.17. The van der Waals surface area contributed by atoms with Crippen LogP contribution in [0.1, 0.15) is 12.5 Å². The molecule has 0 saturated carbocycles. The van der Waals surface area contributed by atoms with Gasteiger partial charge in [-0.05, 0) is 30.7 Å². The first-order valence-corrected chi connectivity index (χ1v) is 5.02. The first-order chi connectivity index (χ1) is 8.17. The zero-order chi connectivity index (χ0) is 12.7. The number of hydrogen-bond donors (Lipinski definition) is 1. The Labute approximate surface area is 98.1 Å². The minimum absolute atomic E-state index is 0.0348. The maximum absolute atomic E-state index is 12.9. The van der Waals surface area contributed by atoms with Gasteiger partial charge in [0.25, 0.3) is 0 Å². The predicted molar refractivity (Wildman–Crippen MR) is 60.2 cm³/mol. The van der Waals surface area contributed by atoms with Gasteiger partial charge in [-0.1, -0.05) is 12.1 Å². The minimum atomic E-state index is -0.663. The van der Waals surface area contributed by atoms with Crippen LogP contribution in [0.5, 0.6) is 0 Å². The lowest BCUT2D eigenvalue weighted by atomic mass is 10.2. The largest absolute Gasteiger partial charge is 0.461 e. The third-order valence-corrected chi connectivity index (χ3v) is 1.87. The summed E-state index contributed by atoms with van der Waals surface area (Å²) in [5.41, 5.74) is 0.426. The van der Waals surface area contributed by atoms with Gasteiger partial charge in [0.2, 0.25) is 6.41 Å². The van der Waals surface area contributed by atoms with Gasteiger partial charge in [0.15, 0.2) is 0 Å². The van der Waals surface area contributed by atoms with E-state index in [1.807, 2.05) is 0 Å². The SMILES string of the molecule is CCOC(=O)/C(=C/c1cccc(F)c1)NC=O. The molecular formula is C12H12FNO3. The van der Waals surface area contributed by atoms with Crippen molar-refractivity contribution >= 4 is 18.5 Å². The van der Waals surface area contributed by atoms with Crippen molar-refractivity contribution in [2.75, 3.05) is 6.61 Å². The molecule has 4 nitrogen and oxygen atoms in total. The summed E-state index contributed by atoms with van der Waals surface area (Å²) >= 11 is 0. The van der Waals surface area contributed by atoms with E-state index in [9.17, 15) is 14.0 Å². The number of esters is 1. The molecule has 0 aliphatic carbocycles. The molecular weight excluding hydrogens is 225 g/mol. The summed E-state index contributed by atoms with van der Waals surface area (Å²) < 4.78 is 17.7. The van der Waals surface area contributed by atoms with Crippen molar-refractivity contribution in [3.63, 3.8) is 0 Å². The number of amides is 1. The van der Waals surface area contributed by atoms with Crippen molar-refractivity contribution in [3.8, 4) is 0 Å². The van der Waals surface area contributed by atoms with E-state index in [2.05, 4.69) is 5.32 Å². The number of hydrogen-bond acceptors (Lipinski definition) is 3. The third kappa shape index (κ3) is 4.06. The maximum atomic E-state index is 12.9. The van der Waals surface area contributed by atoms with E-state index < -0.39 is 11.8 Å². The molecule has 0 aliphatic rings. The highest BCUT2D eigenvalue weighted by Gasteiger charge is 2.09. The van der Waals surface area contributed by atoms with E-state index in [0.717, 1.165) is 0 Å². The van der Waals surface area contributed by atoms with Crippen LogP contribution < -0.4 is 5.32 Å². The number of benzene rings is 1. The van der Waals surface area contributed by atoms with Gasteiger partial charge in [-0.15, -0.1) is 0 Å². The highest BCUT2D eigenvalue weighted by molar-refractivity contribution is 5.95. The average molecular weight is 237 g/mol. The van der Waals surface area contributed by atoms with Gasteiger partial charge < -0.3 is 10.1 Å². The molecule has 0 aliphatic heterocycles. The molecule has 1 N–H and O–H groups in total. The molecule has 1 rings (SSSR count). The van der Waals surface area contributed by atoms with E-state index >= 15 is 0 Å². The molecule has 0 atom stereocenters. The van der Waals surface area contributed by atoms with Gasteiger partial charge >= 0.3 is 5.97 Å². The molecule has 0 bridgehead atoms. The Kier molecular flexibility index (Phi) is 4.87. The van der Waals surface area contributed by atoms with Gasteiger partial charge in [0.05, 0.1) is 6.61 Å². The summed E-state index contributed by atoms with van der Waals surface area (Å²) in [6.07, 6.45) is 1.71. The smallest absolute Gasteiger partial charge is 0.354 e. The third-order valence-electron chi connectivity index (χ3n) is 1.87. The molecule has 1 amide bonds. The second-order valence-electron chi connectivity index (χ2n) is 3.10. The van der Waals surface area contributed by atoms with Crippen LogP contribution in [-0.4, -0.2) is 19.0 Å². The van der Waals surface area contributed by atoms with E-state index in [0.29, 0.717) is 12.0 Å². The molecule has 0 unspecified atom stereocenters. The van der Waals surface area contributed by atoms with Crippen molar-refractivity contribution in [1.29, 1.82) is 0 Å². The highest BCUT2D eigenvalue weighted by atomic mass is 19.1.